The predicted octanol–water partition coefficient (Wildman–Crippen LogP) is 1.77. The van der Waals surface area contributed by atoms with Crippen LogP contribution in [0.4, 0.5) is 5.69 Å². The highest BCUT2D eigenvalue weighted by molar-refractivity contribution is 8.00. The summed E-state index contributed by atoms with van der Waals surface area (Å²) in [5.41, 5.74) is 5.67. The zero-order valence-corrected chi connectivity index (χ0v) is 13.5. The number of anilines is 1. The molecule has 1 heterocycles. The lowest BCUT2D eigenvalue weighted by molar-refractivity contribution is -0.138. The van der Waals surface area contributed by atoms with Crippen molar-refractivity contribution in [2.75, 3.05) is 10.7 Å². The van der Waals surface area contributed by atoms with Gasteiger partial charge >= 0.3 is 5.97 Å². The lowest BCUT2D eigenvalue weighted by Crippen LogP contribution is -2.35. The maximum atomic E-state index is 12.3. The number of aliphatic carboxylic acids is 1. The molecule has 1 aromatic carbocycles. The van der Waals surface area contributed by atoms with E-state index in [0.29, 0.717) is 5.02 Å². The molecule has 1 aliphatic rings. The Hall–Kier alpha value is -1.28. The second kappa shape index (κ2) is 6.87. The largest absolute Gasteiger partial charge is 0.480 e. The van der Waals surface area contributed by atoms with Crippen LogP contribution in [0.15, 0.2) is 18.2 Å². The number of amides is 2. The topological polar surface area (TPSA) is 101 Å². The molecule has 1 aromatic rings. The van der Waals surface area contributed by atoms with E-state index in [-0.39, 0.29) is 22.9 Å². The summed E-state index contributed by atoms with van der Waals surface area (Å²) >= 11 is 12.9. The molecule has 2 rings (SSSR count). The summed E-state index contributed by atoms with van der Waals surface area (Å²) in [5, 5.41) is 8.66. The molecule has 22 heavy (non-hydrogen) atoms. The molecular formula is C13H12Cl2N2O4S. The fourth-order valence-electron chi connectivity index (χ4n) is 1.94. The van der Waals surface area contributed by atoms with Crippen LogP contribution in [0.3, 0.4) is 0 Å². The summed E-state index contributed by atoms with van der Waals surface area (Å²) in [6.07, 6.45) is -0.0191. The molecule has 1 aliphatic heterocycles. The molecule has 2 amide bonds. The third kappa shape index (κ3) is 3.55. The van der Waals surface area contributed by atoms with Crippen LogP contribution in [-0.4, -0.2) is 39.9 Å². The molecule has 0 radical (unpaired) electrons. The lowest BCUT2D eigenvalue weighted by atomic mass is 10.3. The van der Waals surface area contributed by atoms with Gasteiger partial charge in [-0.1, -0.05) is 23.2 Å². The van der Waals surface area contributed by atoms with Gasteiger partial charge in [0.15, 0.2) is 0 Å². The van der Waals surface area contributed by atoms with Crippen LogP contribution >= 0.6 is 35.0 Å². The normalized spacial score (nSPS) is 19.6. The lowest BCUT2D eigenvalue weighted by Gasteiger charge is -2.16. The molecule has 0 saturated carbocycles. The van der Waals surface area contributed by atoms with Gasteiger partial charge in [-0.2, -0.15) is 0 Å². The van der Waals surface area contributed by atoms with E-state index >= 15 is 0 Å². The van der Waals surface area contributed by atoms with Gasteiger partial charge in [0.2, 0.25) is 11.8 Å². The van der Waals surface area contributed by atoms with Crippen LogP contribution in [0.1, 0.15) is 6.42 Å². The predicted molar refractivity (Wildman–Crippen MR) is 85.4 cm³/mol. The molecule has 0 aromatic heterocycles. The summed E-state index contributed by atoms with van der Waals surface area (Å²) in [6, 6.07) is 3.39. The SMILES string of the molecule is NC(CSC1CC(=O)N(c2ccc(Cl)cc2Cl)C1=O)C(=O)O. The van der Waals surface area contributed by atoms with Gasteiger partial charge in [-0.05, 0) is 18.2 Å². The Balaban J connectivity index is 2.13. The second-order valence-electron chi connectivity index (χ2n) is 4.63. The van der Waals surface area contributed by atoms with E-state index in [2.05, 4.69) is 0 Å². The van der Waals surface area contributed by atoms with Crippen LogP contribution in [0, 0.1) is 0 Å². The average molecular weight is 363 g/mol. The fourth-order valence-corrected chi connectivity index (χ4v) is 3.52. The summed E-state index contributed by atoms with van der Waals surface area (Å²) in [5.74, 6) is -1.93. The number of carbonyl (C=O) groups is 3. The Bertz CT molecular complexity index is 640. The number of thioether (sulfide) groups is 1. The first-order valence-electron chi connectivity index (χ1n) is 6.23. The van der Waals surface area contributed by atoms with E-state index in [4.69, 9.17) is 34.0 Å². The highest BCUT2D eigenvalue weighted by Gasteiger charge is 2.40. The third-order valence-corrected chi connectivity index (χ3v) is 4.91. The van der Waals surface area contributed by atoms with Gasteiger partial charge in [-0.3, -0.25) is 14.4 Å². The minimum atomic E-state index is -1.15. The van der Waals surface area contributed by atoms with Crippen molar-refractivity contribution in [2.45, 2.75) is 17.7 Å². The summed E-state index contributed by atoms with van der Waals surface area (Å²) < 4.78 is 0. The number of hydrogen-bond acceptors (Lipinski definition) is 5. The summed E-state index contributed by atoms with van der Waals surface area (Å²) in [6.45, 7) is 0. The molecule has 1 saturated heterocycles. The minimum Gasteiger partial charge on any atom is -0.480 e. The van der Waals surface area contributed by atoms with Crippen LogP contribution < -0.4 is 10.6 Å². The molecule has 9 heteroatoms. The first kappa shape index (κ1) is 17.1. The first-order chi connectivity index (χ1) is 10.3. The Kier molecular flexibility index (Phi) is 5.33. The molecule has 2 atom stereocenters. The van der Waals surface area contributed by atoms with Crippen LogP contribution in [0.5, 0.6) is 0 Å². The average Bonchev–Trinajstić information content (AvgIpc) is 2.71. The van der Waals surface area contributed by atoms with E-state index in [9.17, 15) is 14.4 Å². The van der Waals surface area contributed by atoms with Gasteiger partial charge < -0.3 is 10.8 Å². The van der Waals surface area contributed by atoms with Crippen molar-refractivity contribution in [3.63, 3.8) is 0 Å². The Morgan fingerprint density at radius 3 is 2.73 bits per heavy atom. The smallest absolute Gasteiger partial charge is 0.321 e. The zero-order chi connectivity index (χ0) is 16.4. The number of carboxylic acid groups (broad SMARTS) is 1. The van der Waals surface area contributed by atoms with E-state index in [0.717, 1.165) is 16.7 Å². The molecule has 2 unspecified atom stereocenters. The number of nitrogens with zero attached hydrogens (tertiary/aromatic N) is 1. The Labute approximate surface area is 140 Å². The number of rotatable bonds is 5. The van der Waals surface area contributed by atoms with Crippen molar-refractivity contribution in [3.8, 4) is 0 Å². The molecule has 6 nitrogen and oxygen atoms in total. The van der Waals surface area contributed by atoms with Crippen LogP contribution in [0.2, 0.25) is 10.0 Å². The first-order valence-corrected chi connectivity index (χ1v) is 8.03. The second-order valence-corrected chi connectivity index (χ2v) is 6.71. The number of halogens is 2. The Morgan fingerprint density at radius 1 is 1.45 bits per heavy atom. The maximum absolute atomic E-state index is 12.3. The van der Waals surface area contributed by atoms with Crippen molar-refractivity contribution in [1.29, 1.82) is 0 Å². The van der Waals surface area contributed by atoms with Crippen molar-refractivity contribution < 1.29 is 19.5 Å². The minimum absolute atomic E-state index is 0.0191. The number of nitrogens with two attached hydrogens (primary N) is 1. The van der Waals surface area contributed by atoms with Crippen LogP contribution in [-0.2, 0) is 14.4 Å². The number of hydrogen-bond donors (Lipinski definition) is 2. The molecule has 0 aliphatic carbocycles. The highest BCUT2D eigenvalue weighted by atomic mass is 35.5. The van der Waals surface area contributed by atoms with Gasteiger partial charge in [0.1, 0.15) is 6.04 Å². The van der Waals surface area contributed by atoms with Gasteiger partial charge in [0, 0.05) is 17.2 Å². The van der Waals surface area contributed by atoms with Gasteiger partial charge in [-0.15, -0.1) is 11.8 Å². The molecule has 1 fully saturated rings. The van der Waals surface area contributed by atoms with Gasteiger partial charge in [0.25, 0.3) is 0 Å². The molecule has 3 N–H and O–H groups in total. The third-order valence-electron chi connectivity index (χ3n) is 3.05. The van der Waals surface area contributed by atoms with E-state index in [1.54, 1.807) is 0 Å². The highest BCUT2D eigenvalue weighted by Crippen LogP contribution is 2.35. The molecule has 0 bridgehead atoms. The van der Waals surface area contributed by atoms with E-state index in [1.807, 2.05) is 0 Å². The van der Waals surface area contributed by atoms with Crippen LogP contribution in [0.25, 0.3) is 0 Å². The van der Waals surface area contributed by atoms with E-state index < -0.39 is 29.1 Å². The molecule has 118 valence electrons. The number of carboxylic acids is 1. The quantitative estimate of drug-likeness (QED) is 0.774. The molecular weight excluding hydrogens is 351 g/mol. The van der Waals surface area contributed by atoms with Crippen molar-refractivity contribution >= 4 is 58.4 Å². The standard InChI is InChI=1S/C13H12Cl2N2O4S/c14-6-1-2-9(7(15)3-6)17-11(18)4-10(12(17)19)22-5-8(16)13(20)21/h1-3,8,10H,4-5,16H2,(H,20,21). The maximum Gasteiger partial charge on any atom is 0.321 e. The van der Waals surface area contributed by atoms with E-state index in [1.165, 1.54) is 18.2 Å². The Morgan fingerprint density at radius 2 is 2.14 bits per heavy atom. The van der Waals surface area contributed by atoms with Gasteiger partial charge in [-0.25, -0.2) is 4.90 Å². The summed E-state index contributed by atoms with van der Waals surface area (Å²) in [7, 11) is 0. The number of imide groups is 1. The molecule has 0 spiro atoms. The van der Waals surface area contributed by atoms with Crippen molar-refractivity contribution in [2.24, 2.45) is 5.73 Å². The fraction of sp³-hybridized carbons (Fsp3) is 0.308. The van der Waals surface area contributed by atoms with Crippen molar-refractivity contribution in [1.82, 2.24) is 0 Å². The van der Waals surface area contributed by atoms with Crippen molar-refractivity contribution in [3.05, 3.63) is 28.2 Å². The van der Waals surface area contributed by atoms with Gasteiger partial charge in [0.05, 0.1) is 16.0 Å². The monoisotopic (exact) mass is 362 g/mol. The summed E-state index contributed by atoms with van der Waals surface area (Å²) in [4.78, 5) is 36.1. The zero-order valence-electron chi connectivity index (χ0n) is 11.2. The number of carbonyl (C=O) groups excluding carboxylic acids is 2. The number of benzene rings is 1.